The Bertz CT molecular complexity index is 1510. The molecule has 5 rings (SSSR count). The summed E-state index contributed by atoms with van der Waals surface area (Å²) in [5, 5.41) is 5.54. The predicted octanol–water partition coefficient (Wildman–Crippen LogP) is 4.54. The molecule has 0 unspecified atom stereocenters. The Morgan fingerprint density at radius 2 is 1.82 bits per heavy atom. The quantitative estimate of drug-likeness (QED) is 0.221. The van der Waals surface area contributed by atoms with Crippen LogP contribution < -0.4 is 26.0 Å². The summed E-state index contributed by atoms with van der Waals surface area (Å²) in [4.78, 5) is 40.2. The molecule has 4 aromatic rings. The molecule has 0 spiro atoms. The second-order valence-electron chi connectivity index (χ2n) is 9.30. The number of carbonyl (C=O) groups is 2. The van der Waals surface area contributed by atoms with Gasteiger partial charge < -0.3 is 35.5 Å². The van der Waals surface area contributed by atoms with Crippen LogP contribution in [0.25, 0.3) is 11.3 Å². The second-order valence-corrected chi connectivity index (χ2v) is 9.30. The normalized spacial score (nSPS) is 12.4. The summed E-state index contributed by atoms with van der Waals surface area (Å²) in [6.07, 6.45) is 4.24. The fraction of sp³-hybridized carbons (Fsp3) is 0.281. The number of hydrogen-bond donors (Lipinski definition) is 3. The molecule has 1 aliphatic rings. The number of nitrogens with zero attached hydrogens (tertiary/aromatic N) is 4. The van der Waals surface area contributed by atoms with Crippen molar-refractivity contribution in [3.63, 3.8) is 0 Å². The number of nitrogens with two attached hydrogens (primary N) is 1. The van der Waals surface area contributed by atoms with Gasteiger partial charge >= 0.3 is 6.09 Å². The lowest BCUT2D eigenvalue weighted by atomic mass is 10.1. The largest absolute Gasteiger partial charge is 0.492 e. The maximum absolute atomic E-state index is 13.2. The minimum absolute atomic E-state index is 0.00527. The number of amides is 2. The van der Waals surface area contributed by atoms with Gasteiger partial charge in [0.15, 0.2) is 11.5 Å². The first-order valence-corrected chi connectivity index (χ1v) is 14.4. The van der Waals surface area contributed by atoms with Crippen LogP contribution in [0.4, 0.5) is 22.0 Å². The van der Waals surface area contributed by atoms with Crippen molar-refractivity contribution in [2.45, 2.75) is 20.5 Å². The van der Waals surface area contributed by atoms with E-state index >= 15 is 0 Å². The van der Waals surface area contributed by atoms with Crippen LogP contribution in [0.1, 0.15) is 29.9 Å². The maximum Gasteiger partial charge on any atom is 0.407 e. The Morgan fingerprint density at radius 3 is 2.61 bits per heavy atom. The summed E-state index contributed by atoms with van der Waals surface area (Å²) in [5.74, 6) is 0.0646. The molecule has 2 aromatic carbocycles. The van der Waals surface area contributed by atoms with E-state index in [0.717, 1.165) is 11.3 Å². The van der Waals surface area contributed by atoms with Gasteiger partial charge in [-0.05, 0) is 23.8 Å². The van der Waals surface area contributed by atoms with Crippen molar-refractivity contribution in [1.29, 1.82) is 0 Å². The molecular formula is C32H37N7O5. The van der Waals surface area contributed by atoms with Crippen LogP contribution in [0.3, 0.4) is 0 Å². The smallest absolute Gasteiger partial charge is 0.407 e. The van der Waals surface area contributed by atoms with Crippen LogP contribution in [-0.2, 0) is 16.1 Å². The Hall–Kier alpha value is -5.23. The third kappa shape index (κ3) is 8.88. The number of morpholine rings is 1. The Labute approximate surface area is 256 Å². The van der Waals surface area contributed by atoms with E-state index in [4.69, 9.17) is 19.9 Å². The van der Waals surface area contributed by atoms with E-state index in [9.17, 15) is 9.59 Å². The van der Waals surface area contributed by atoms with E-state index in [-0.39, 0.29) is 31.3 Å². The van der Waals surface area contributed by atoms with Gasteiger partial charge in [-0.25, -0.2) is 14.8 Å². The van der Waals surface area contributed by atoms with E-state index in [0.29, 0.717) is 49.0 Å². The highest BCUT2D eigenvalue weighted by atomic mass is 16.5. The molecule has 1 aliphatic heterocycles. The van der Waals surface area contributed by atoms with E-state index in [1.807, 2.05) is 56.3 Å². The minimum atomic E-state index is -0.525. The molecule has 3 heterocycles. The fourth-order valence-corrected chi connectivity index (χ4v) is 4.29. The van der Waals surface area contributed by atoms with E-state index in [1.54, 1.807) is 30.6 Å². The summed E-state index contributed by atoms with van der Waals surface area (Å²) in [6, 6.07) is 18.5. The highest BCUT2D eigenvalue weighted by Gasteiger charge is 2.20. The zero-order valence-corrected chi connectivity index (χ0v) is 24.9. The van der Waals surface area contributed by atoms with Crippen molar-refractivity contribution in [3.05, 3.63) is 90.5 Å². The van der Waals surface area contributed by atoms with E-state index in [2.05, 4.69) is 30.5 Å². The molecule has 12 heteroatoms. The molecule has 1 fully saturated rings. The first kappa shape index (κ1) is 31.7. The van der Waals surface area contributed by atoms with Gasteiger partial charge in [-0.2, -0.15) is 0 Å². The molecule has 4 N–H and O–H groups in total. The number of carbonyl (C=O) groups excluding carboxylic acids is 2. The highest BCUT2D eigenvalue weighted by molar-refractivity contribution is 6.07. The molecule has 0 aliphatic carbocycles. The number of aromatic nitrogens is 3. The van der Waals surface area contributed by atoms with Crippen LogP contribution in [-0.4, -0.2) is 66.4 Å². The number of nitrogens with one attached hydrogen (secondary N) is 2. The third-order valence-electron chi connectivity index (χ3n) is 6.40. The van der Waals surface area contributed by atoms with Gasteiger partial charge in [0.1, 0.15) is 19.0 Å². The Balaban J connectivity index is 0.00000216. The summed E-state index contributed by atoms with van der Waals surface area (Å²) in [6.45, 7) is 7.30. The van der Waals surface area contributed by atoms with Crippen LogP contribution in [0, 0.1) is 0 Å². The average Bonchev–Trinajstić information content (AvgIpc) is 3.08. The lowest BCUT2D eigenvalue weighted by Crippen LogP contribution is -2.36. The zero-order chi connectivity index (χ0) is 31.1. The van der Waals surface area contributed by atoms with Crippen LogP contribution in [0.15, 0.2) is 79.3 Å². The maximum atomic E-state index is 13.2. The molecular weight excluding hydrogens is 562 g/mol. The number of rotatable bonds is 10. The Kier molecular flexibility index (Phi) is 11.8. The SMILES string of the molecule is CC.Nc1ncc(-c2cccc(OCCNC(=O)OCc3ccccc3)c2)nc1C(=O)Nc1cnccc1N1CCOCC1. The fourth-order valence-electron chi connectivity index (χ4n) is 4.29. The Morgan fingerprint density at radius 1 is 1.02 bits per heavy atom. The zero-order valence-electron chi connectivity index (χ0n) is 24.9. The predicted molar refractivity (Wildman–Crippen MR) is 169 cm³/mol. The first-order valence-electron chi connectivity index (χ1n) is 14.4. The number of alkyl carbamates (subject to hydrolysis) is 1. The van der Waals surface area contributed by atoms with Crippen molar-refractivity contribution in [2.24, 2.45) is 0 Å². The van der Waals surface area contributed by atoms with E-state index < -0.39 is 12.0 Å². The summed E-state index contributed by atoms with van der Waals surface area (Å²) >= 11 is 0. The number of hydrogen-bond acceptors (Lipinski definition) is 10. The van der Waals surface area contributed by atoms with Gasteiger partial charge in [-0.15, -0.1) is 0 Å². The molecule has 0 atom stereocenters. The van der Waals surface area contributed by atoms with Gasteiger partial charge in [0.25, 0.3) is 5.91 Å². The summed E-state index contributed by atoms with van der Waals surface area (Å²) < 4.78 is 16.4. The summed E-state index contributed by atoms with van der Waals surface area (Å²) in [5.41, 5.74) is 9.46. The third-order valence-corrected chi connectivity index (χ3v) is 6.40. The van der Waals surface area contributed by atoms with Crippen LogP contribution >= 0.6 is 0 Å². The number of anilines is 3. The van der Waals surface area contributed by atoms with Gasteiger partial charge in [0.2, 0.25) is 0 Å². The van der Waals surface area contributed by atoms with Gasteiger partial charge in [-0.1, -0.05) is 56.3 Å². The first-order chi connectivity index (χ1) is 21.6. The molecule has 0 bridgehead atoms. The highest BCUT2D eigenvalue weighted by Crippen LogP contribution is 2.27. The van der Waals surface area contributed by atoms with Crippen LogP contribution in [0.5, 0.6) is 5.75 Å². The summed E-state index contributed by atoms with van der Waals surface area (Å²) in [7, 11) is 0. The molecule has 0 radical (unpaired) electrons. The number of nitrogen functional groups attached to an aromatic ring is 1. The van der Waals surface area contributed by atoms with Gasteiger partial charge in [0.05, 0.1) is 49.2 Å². The lowest BCUT2D eigenvalue weighted by molar-refractivity contribution is 0.102. The number of pyridine rings is 1. The minimum Gasteiger partial charge on any atom is -0.492 e. The van der Waals surface area contributed by atoms with Crippen molar-refractivity contribution >= 4 is 29.2 Å². The molecule has 1 saturated heterocycles. The molecule has 2 aromatic heterocycles. The second kappa shape index (κ2) is 16.4. The van der Waals surface area contributed by atoms with Crippen molar-refractivity contribution in [3.8, 4) is 17.0 Å². The van der Waals surface area contributed by atoms with Crippen LogP contribution in [0.2, 0.25) is 0 Å². The van der Waals surface area contributed by atoms with Crippen molar-refractivity contribution < 1.29 is 23.8 Å². The van der Waals surface area contributed by atoms with Crippen molar-refractivity contribution in [2.75, 3.05) is 55.4 Å². The molecule has 12 nitrogen and oxygen atoms in total. The molecule has 230 valence electrons. The average molecular weight is 600 g/mol. The topological polar surface area (TPSA) is 154 Å². The molecule has 0 saturated carbocycles. The van der Waals surface area contributed by atoms with Crippen molar-refractivity contribution in [1.82, 2.24) is 20.3 Å². The number of benzene rings is 2. The van der Waals surface area contributed by atoms with Gasteiger partial charge in [-0.3, -0.25) is 9.78 Å². The van der Waals surface area contributed by atoms with Gasteiger partial charge in [0, 0.05) is 24.8 Å². The van der Waals surface area contributed by atoms with E-state index in [1.165, 1.54) is 6.20 Å². The number of ether oxygens (including phenoxy) is 3. The molecule has 44 heavy (non-hydrogen) atoms. The monoisotopic (exact) mass is 599 g/mol. The standard InChI is InChI=1S/C30H31N7O5.C2H6/c31-28-27(29(38)36-25-18-32-10-9-26(25)37-12-15-40-16-13-37)35-24(19-34-28)22-7-4-8-23(17-22)41-14-11-33-30(39)42-20-21-5-2-1-3-6-21;1-2/h1-10,17-19H,11-16,20H2,(H2,31,34)(H,33,39)(H,36,38);1-2H3. The molecule has 2 amide bonds. The lowest BCUT2D eigenvalue weighted by Gasteiger charge is -2.30.